The molecule has 1 saturated heterocycles. The van der Waals surface area contributed by atoms with E-state index < -0.39 is 6.61 Å². The Bertz CT molecular complexity index is 887. The van der Waals surface area contributed by atoms with Gasteiger partial charge in [0.1, 0.15) is 0 Å². The Hall–Kier alpha value is -3.16. The fraction of sp³-hybridized carbons (Fsp3) is 0.364. The van der Waals surface area contributed by atoms with E-state index in [4.69, 9.17) is 4.74 Å². The minimum atomic E-state index is -2.94. The first-order valence-corrected chi connectivity index (χ1v) is 9.73. The van der Waals surface area contributed by atoms with Gasteiger partial charge in [-0.15, -0.1) is 0 Å². The maximum Gasteiger partial charge on any atom is 0.387 e. The maximum atomic E-state index is 12.5. The first-order valence-electron chi connectivity index (χ1n) is 9.73. The van der Waals surface area contributed by atoms with Crippen molar-refractivity contribution in [3.8, 4) is 11.5 Å². The summed E-state index contributed by atoms with van der Waals surface area (Å²) in [6, 6.07) is 11.9. The third kappa shape index (κ3) is 5.68. The normalized spacial score (nSPS) is 13.6. The molecule has 30 heavy (non-hydrogen) atoms. The molecule has 0 unspecified atom stereocenters. The number of likely N-dealkylation sites (tertiary alicyclic amines) is 1. The van der Waals surface area contributed by atoms with Gasteiger partial charge < -0.3 is 19.7 Å². The largest absolute Gasteiger partial charge is 0.493 e. The molecule has 1 N–H and O–H groups in total. The van der Waals surface area contributed by atoms with Crippen LogP contribution in [0.15, 0.2) is 42.5 Å². The number of rotatable bonds is 9. The zero-order valence-corrected chi connectivity index (χ0v) is 16.7. The predicted octanol–water partition coefficient (Wildman–Crippen LogP) is 3.39. The second-order valence-corrected chi connectivity index (χ2v) is 6.99. The number of ether oxygens (including phenoxy) is 2. The van der Waals surface area contributed by atoms with E-state index in [9.17, 15) is 18.4 Å². The molecule has 8 heteroatoms. The summed E-state index contributed by atoms with van der Waals surface area (Å²) in [5, 5.41) is 2.81. The average molecular weight is 418 g/mol. The van der Waals surface area contributed by atoms with Crippen LogP contribution in [0.5, 0.6) is 11.5 Å². The Balaban J connectivity index is 1.51. The van der Waals surface area contributed by atoms with Crippen molar-refractivity contribution in [3.63, 3.8) is 0 Å². The van der Waals surface area contributed by atoms with E-state index >= 15 is 0 Å². The van der Waals surface area contributed by atoms with Crippen molar-refractivity contribution in [2.75, 3.05) is 20.2 Å². The van der Waals surface area contributed by atoms with Crippen LogP contribution < -0.4 is 14.8 Å². The molecule has 1 aliphatic rings. The molecule has 3 rings (SSSR count). The number of halogens is 2. The number of nitrogens with one attached hydrogen (secondary N) is 1. The van der Waals surface area contributed by atoms with Gasteiger partial charge in [0.05, 0.1) is 7.11 Å². The number of benzene rings is 2. The Morgan fingerprint density at radius 2 is 1.87 bits per heavy atom. The topological polar surface area (TPSA) is 67.9 Å². The molecule has 2 amide bonds. The van der Waals surface area contributed by atoms with Crippen LogP contribution in [0.3, 0.4) is 0 Å². The number of nitrogens with zero attached hydrogens (tertiary/aromatic N) is 1. The van der Waals surface area contributed by atoms with Gasteiger partial charge in [-0.05, 0) is 48.2 Å². The Morgan fingerprint density at radius 1 is 1.13 bits per heavy atom. The number of methoxy groups -OCH3 is 1. The molecule has 1 aliphatic heterocycles. The molecular formula is C22H24F2N2O4. The van der Waals surface area contributed by atoms with E-state index in [0.717, 1.165) is 24.1 Å². The van der Waals surface area contributed by atoms with Gasteiger partial charge in [0.25, 0.3) is 5.91 Å². The fourth-order valence-corrected chi connectivity index (χ4v) is 3.34. The van der Waals surface area contributed by atoms with E-state index in [1.165, 1.54) is 13.2 Å². The number of hydrogen-bond acceptors (Lipinski definition) is 4. The number of carbonyl (C=O) groups excluding carboxylic acids is 2. The monoisotopic (exact) mass is 418 g/mol. The van der Waals surface area contributed by atoms with Crippen LogP contribution in [0.1, 0.15) is 34.3 Å². The van der Waals surface area contributed by atoms with E-state index in [0.29, 0.717) is 31.5 Å². The molecule has 1 fully saturated rings. The lowest BCUT2D eigenvalue weighted by molar-refractivity contribution is -0.128. The molecule has 0 atom stereocenters. The smallest absolute Gasteiger partial charge is 0.387 e. The second kappa shape index (κ2) is 10.0. The lowest BCUT2D eigenvalue weighted by Gasteiger charge is -2.15. The zero-order valence-electron chi connectivity index (χ0n) is 16.7. The van der Waals surface area contributed by atoms with E-state index in [2.05, 4.69) is 10.1 Å². The van der Waals surface area contributed by atoms with Gasteiger partial charge in [0, 0.05) is 31.6 Å². The summed E-state index contributed by atoms with van der Waals surface area (Å²) < 4.78 is 34.5. The quantitative estimate of drug-likeness (QED) is 0.678. The minimum Gasteiger partial charge on any atom is -0.493 e. The van der Waals surface area contributed by atoms with Gasteiger partial charge in [-0.3, -0.25) is 9.59 Å². The van der Waals surface area contributed by atoms with Gasteiger partial charge in [-0.1, -0.05) is 18.2 Å². The summed E-state index contributed by atoms with van der Waals surface area (Å²) in [4.78, 5) is 25.9. The molecule has 0 spiro atoms. The van der Waals surface area contributed by atoms with Crippen LogP contribution in [0.2, 0.25) is 0 Å². The summed E-state index contributed by atoms with van der Waals surface area (Å²) in [6.45, 7) is -1.28. The molecule has 0 aromatic heterocycles. The summed E-state index contributed by atoms with van der Waals surface area (Å²) in [6.07, 6.45) is 1.94. The first kappa shape index (κ1) is 21.5. The number of amides is 2. The highest BCUT2D eigenvalue weighted by Crippen LogP contribution is 2.29. The average Bonchev–Trinajstić information content (AvgIpc) is 3.12. The zero-order chi connectivity index (χ0) is 21.5. The lowest BCUT2D eigenvalue weighted by Crippen LogP contribution is -2.26. The first-order chi connectivity index (χ1) is 14.5. The molecule has 6 nitrogen and oxygen atoms in total. The summed E-state index contributed by atoms with van der Waals surface area (Å²) in [5.74, 6) is 0.121. The standard InChI is InChI=1S/C22H24F2N2O4/c1-29-18-9-6-15(13-19(18)30-22(23)24)10-11-25-21(28)17-7-4-16(5-8-17)14-26-12-2-3-20(26)27/h4-9,13,22H,2-3,10-12,14H2,1H3,(H,25,28). The molecular weight excluding hydrogens is 394 g/mol. The highest BCUT2D eigenvalue weighted by atomic mass is 19.3. The molecule has 2 aromatic rings. The van der Waals surface area contributed by atoms with Crippen LogP contribution >= 0.6 is 0 Å². The van der Waals surface area contributed by atoms with Gasteiger partial charge >= 0.3 is 6.61 Å². The number of alkyl halides is 2. The number of carbonyl (C=O) groups is 2. The van der Waals surface area contributed by atoms with Gasteiger partial charge in [-0.2, -0.15) is 8.78 Å². The molecule has 2 aromatic carbocycles. The second-order valence-electron chi connectivity index (χ2n) is 6.99. The molecule has 0 saturated carbocycles. The van der Waals surface area contributed by atoms with Crippen molar-refractivity contribution in [1.29, 1.82) is 0 Å². The Labute approximate surface area is 173 Å². The van der Waals surface area contributed by atoms with Crippen LogP contribution in [0.25, 0.3) is 0 Å². The summed E-state index contributed by atoms with van der Waals surface area (Å²) in [5.41, 5.74) is 2.23. The van der Waals surface area contributed by atoms with Crippen molar-refractivity contribution in [2.24, 2.45) is 0 Å². The summed E-state index contributed by atoms with van der Waals surface area (Å²) >= 11 is 0. The Kier molecular flexibility index (Phi) is 7.21. The lowest BCUT2D eigenvalue weighted by atomic mass is 10.1. The Morgan fingerprint density at radius 3 is 2.50 bits per heavy atom. The van der Waals surface area contributed by atoms with Crippen molar-refractivity contribution in [3.05, 3.63) is 59.2 Å². The van der Waals surface area contributed by atoms with Gasteiger partial charge in [0.2, 0.25) is 5.91 Å². The highest BCUT2D eigenvalue weighted by Gasteiger charge is 2.20. The molecule has 1 heterocycles. The predicted molar refractivity (Wildman–Crippen MR) is 107 cm³/mol. The SMILES string of the molecule is COc1ccc(CCNC(=O)c2ccc(CN3CCCC3=O)cc2)cc1OC(F)F. The van der Waals surface area contributed by atoms with Crippen molar-refractivity contribution in [1.82, 2.24) is 10.2 Å². The van der Waals surface area contributed by atoms with E-state index in [1.807, 2.05) is 17.0 Å². The van der Waals surface area contributed by atoms with Crippen LogP contribution in [-0.4, -0.2) is 43.5 Å². The summed E-state index contributed by atoms with van der Waals surface area (Å²) in [7, 11) is 1.38. The van der Waals surface area contributed by atoms with Crippen molar-refractivity contribution in [2.45, 2.75) is 32.4 Å². The fourth-order valence-electron chi connectivity index (χ4n) is 3.34. The molecule has 160 valence electrons. The van der Waals surface area contributed by atoms with Crippen LogP contribution in [0.4, 0.5) is 8.78 Å². The van der Waals surface area contributed by atoms with Gasteiger partial charge in [-0.25, -0.2) is 0 Å². The van der Waals surface area contributed by atoms with Gasteiger partial charge in [0.15, 0.2) is 11.5 Å². The highest BCUT2D eigenvalue weighted by molar-refractivity contribution is 5.94. The minimum absolute atomic E-state index is 0.0385. The third-order valence-electron chi connectivity index (χ3n) is 4.90. The molecule has 0 aliphatic carbocycles. The van der Waals surface area contributed by atoms with Crippen molar-refractivity contribution < 1.29 is 27.8 Å². The maximum absolute atomic E-state index is 12.5. The van der Waals surface area contributed by atoms with E-state index in [-0.39, 0.29) is 23.3 Å². The van der Waals surface area contributed by atoms with Crippen LogP contribution in [-0.2, 0) is 17.8 Å². The number of hydrogen-bond donors (Lipinski definition) is 1. The molecule has 0 bridgehead atoms. The van der Waals surface area contributed by atoms with Crippen molar-refractivity contribution >= 4 is 11.8 Å². The molecule has 0 radical (unpaired) electrons. The third-order valence-corrected chi connectivity index (χ3v) is 4.90. The van der Waals surface area contributed by atoms with Crippen LogP contribution in [0, 0.1) is 0 Å². The van der Waals surface area contributed by atoms with E-state index in [1.54, 1.807) is 24.3 Å².